The van der Waals surface area contributed by atoms with Gasteiger partial charge in [-0.05, 0) is 25.0 Å². The summed E-state index contributed by atoms with van der Waals surface area (Å²) in [6, 6.07) is 0. The summed E-state index contributed by atoms with van der Waals surface area (Å²) in [5.74, 6) is 0. The maximum atomic E-state index is 6.38. The highest BCUT2D eigenvalue weighted by Gasteiger charge is 2.30. The van der Waals surface area contributed by atoms with Crippen LogP contribution in [0.25, 0.3) is 0 Å². The molecule has 0 atom stereocenters. The van der Waals surface area contributed by atoms with Crippen molar-refractivity contribution in [2.24, 2.45) is 0 Å². The van der Waals surface area contributed by atoms with Crippen LogP contribution < -0.4 is 0 Å². The molecule has 0 nitrogen and oxygen atoms in total. The Kier molecular flexibility index (Phi) is 5.08. The molecule has 1 aliphatic rings. The van der Waals surface area contributed by atoms with E-state index in [2.05, 4.69) is 0 Å². The molecule has 0 fully saturated rings. The maximum Gasteiger partial charge on any atom is 0.0793 e. The van der Waals surface area contributed by atoms with Crippen molar-refractivity contribution in [3.05, 3.63) is 41.3 Å². The van der Waals surface area contributed by atoms with E-state index in [1.807, 2.05) is 13.8 Å². The van der Waals surface area contributed by atoms with Gasteiger partial charge in [0.1, 0.15) is 0 Å². The lowest BCUT2D eigenvalue weighted by Crippen LogP contribution is -1.99. The fourth-order valence-electron chi connectivity index (χ4n) is 2.09. The number of benzene rings is 2. The van der Waals surface area contributed by atoms with Crippen LogP contribution in [0.2, 0.25) is 30.1 Å². The zero-order chi connectivity index (χ0) is 16.3. The Labute approximate surface area is 166 Å². The van der Waals surface area contributed by atoms with E-state index < -0.39 is 0 Å². The Morgan fingerprint density at radius 1 is 0.455 bits per heavy atom. The highest BCUT2D eigenvalue weighted by atomic mass is 35.5. The Morgan fingerprint density at radius 3 is 1.09 bits per heavy atom. The second-order valence-electron chi connectivity index (χ2n) is 4.65. The smallest absolute Gasteiger partial charge is 0.0793 e. The highest BCUT2D eigenvalue weighted by Crippen LogP contribution is 2.59. The van der Waals surface area contributed by atoms with Crippen LogP contribution in [0.3, 0.4) is 0 Å². The monoisotopic (exact) mass is 448 g/mol. The van der Waals surface area contributed by atoms with Crippen LogP contribution in [0, 0.1) is 13.8 Å². The van der Waals surface area contributed by atoms with E-state index in [1.165, 1.54) is 23.5 Å². The first-order valence-corrected chi connectivity index (χ1v) is 9.85. The molecule has 0 amide bonds. The van der Waals surface area contributed by atoms with Crippen molar-refractivity contribution in [3.63, 3.8) is 0 Å². The molecule has 0 unspecified atom stereocenters. The quantitative estimate of drug-likeness (QED) is 0.313. The van der Waals surface area contributed by atoms with Gasteiger partial charge in [-0.25, -0.2) is 0 Å². The highest BCUT2D eigenvalue weighted by molar-refractivity contribution is 8.05. The van der Waals surface area contributed by atoms with E-state index in [0.29, 0.717) is 30.1 Å². The predicted molar refractivity (Wildman–Crippen MR) is 101 cm³/mol. The lowest BCUT2D eigenvalue weighted by atomic mass is 10.2. The lowest BCUT2D eigenvalue weighted by molar-refractivity contribution is 1.09. The summed E-state index contributed by atoms with van der Waals surface area (Å²) in [7, 11) is 0. The molecule has 8 heteroatoms. The molecule has 0 N–H and O–H groups in total. The minimum atomic E-state index is 0.361. The van der Waals surface area contributed by atoms with Gasteiger partial charge in [0.25, 0.3) is 0 Å². The zero-order valence-corrected chi connectivity index (χ0v) is 17.3. The fraction of sp³-hybridized carbons (Fsp3) is 0.143. The van der Waals surface area contributed by atoms with Crippen molar-refractivity contribution in [2.75, 3.05) is 0 Å². The molecule has 0 bridgehead atoms. The van der Waals surface area contributed by atoms with Crippen molar-refractivity contribution in [1.82, 2.24) is 0 Å². The summed E-state index contributed by atoms with van der Waals surface area (Å²) in [5.41, 5.74) is 1.74. The predicted octanol–water partition coefficient (Wildman–Crippen LogP) is 8.84. The molecule has 0 radical (unpaired) electrons. The summed E-state index contributed by atoms with van der Waals surface area (Å²) in [5, 5.41) is 2.51. The zero-order valence-electron chi connectivity index (χ0n) is 11.1. The fourth-order valence-corrected chi connectivity index (χ4v) is 6.67. The number of fused-ring (bicyclic) bond motifs is 2. The summed E-state index contributed by atoms with van der Waals surface area (Å²) in [6.07, 6.45) is 0. The molecule has 0 saturated heterocycles. The van der Waals surface area contributed by atoms with Crippen LogP contribution in [0.5, 0.6) is 0 Å². The largest absolute Gasteiger partial charge is 0.0857 e. The standard InChI is InChI=1S/C14H6Cl6S2/c1-3-5(15)7(17)9(19)13-11(3)21-14-10(20)8(18)6(16)4(2)12(14)22-13/h1-2H3. The van der Waals surface area contributed by atoms with E-state index in [0.717, 1.165) is 30.7 Å². The molecule has 1 heterocycles. The Balaban J connectivity index is 2.32. The van der Waals surface area contributed by atoms with Crippen LogP contribution in [0.1, 0.15) is 11.1 Å². The first-order chi connectivity index (χ1) is 10.3. The molecule has 2 aromatic rings. The van der Waals surface area contributed by atoms with Crippen LogP contribution in [0.4, 0.5) is 0 Å². The van der Waals surface area contributed by atoms with E-state index in [1.54, 1.807) is 0 Å². The van der Waals surface area contributed by atoms with Gasteiger partial charge in [0.15, 0.2) is 0 Å². The number of halogens is 6. The van der Waals surface area contributed by atoms with E-state index in [-0.39, 0.29) is 0 Å². The second kappa shape index (κ2) is 6.31. The summed E-state index contributed by atoms with van der Waals surface area (Å²) < 4.78 is 0. The Hall–Kier alpha value is 0.880. The third kappa shape index (κ3) is 2.55. The van der Waals surface area contributed by atoms with Gasteiger partial charge >= 0.3 is 0 Å². The molecule has 0 aliphatic carbocycles. The van der Waals surface area contributed by atoms with E-state index >= 15 is 0 Å². The third-order valence-corrected chi connectivity index (χ3v) is 9.31. The number of hydrogen-bond acceptors (Lipinski definition) is 2. The van der Waals surface area contributed by atoms with Crippen molar-refractivity contribution in [2.45, 2.75) is 33.4 Å². The van der Waals surface area contributed by atoms with Gasteiger partial charge in [-0.15, -0.1) is 0 Å². The first-order valence-electron chi connectivity index (χ1n) is 5.95. The van der Waals surface area contributed by atoms with Crippen LogP contribution in [-0.4, -0.2) is 0 Å². The minimum absolute atomic E-state index is 0.361. The second-order valence-corrected chi connectivity index (χ2v) is 8.96. The van der Waals surface area contributed by atoms with Gasteiger partial charge in [0.2, 0.25) is 0 Å². The average Bonchev–Trinajstić information content (AvgIpc) is 2.52. The van der Waals surface area contributed by atoms with Gasteiger partial charge in [-0.1, -0.05) is 93.1 Å². The van der Waals surface area contributed by atoms with Gasteiger partial charge in [0.05, 0.1) is 30.1 Å². The van der Waals surface area contributed by atoms with E-state index in [9.17, 15) is 0 Å². The maximum absolute atomic E-state index is 6.38. The SMILES string of the molecule is Cc1c(Cl)c(Cl)c(Cl)c2c1Sc1c(Cl)c(Cl)c(Cl)c(C)c1S2. The molecule has 22 heavy (non-hydrogen) atoms. The summed E-state index contributed by atoms with van der Waals surface area (Å²) in [6.45, 7) is 3.81. The van der Waals surface area contributed by atoms with E-state index in [4.69, 9.17) is 69.6 Å². The van der Waals surface area contributed by atoms with Crippen molar-refractivity contribution in [1.29, 1.82) is 0 Å². The van der Waals surface area contributed by atoms with Gasteiger partial charge in [0, 0.05) is 19.6 Å². The van der Waals surface area contributed by atoms with Gasteiger partial charge < -0.3 is 0 Å². The average molecular weight is 451 g/mol. The van der Waals surface area contributed by atoms with Crippen LogP contribution in [0.15, 0.2) is 19.6 Å². The molecule has 2 aromatic carbocycles. The minimum Gasteiger partial charge on any atom is -0.0857 e. The molecular weight excluding hydrogens is 445 g/mol. The first kappa shape index (κ1) is 17.7. The Morgan fingerprint density at radius 2 is 0.773 bits per heavy atom. The van der Waals surface area contributed by atoms with Crippen molar-refractivity contribution >= 4 is 93.1 Å². The normalized spacial score (nSPS) is 13.1. The molecule has 3 rings (SSSR count). The van der Waals surface area contributed by atoms with Gasteiger partial charge in [-0.2, -0.15) is 0 Å². The van der Waals surface area contributed by atoms with Crippen LogP contribution in [-0.2, 0) is 0 Å². The Bertz CT molecular complexity index is 696. The van der Waals surface area contributed by atoms with Gasteiger partial charge in [-0.3, -0.25) is 0 Å². The van der Waals surface area contributed by atoms with Crippen molar-refractivity contribution < 1.29 is 0 Å². The van der Waals surface area contributed by atoms with Crippen LogP contribution >= 0.6 is 93.1 Å². The molecule has 0 aromatic heterocycles. The molecule has 0 spiro atoms. The molecule has 1 aliphatic heterocycles. The lowest BCUT2D eigenvalue weighted by Gasteiger charge is -2.25. The summed E-state index contributed by atoms with van der Waals surface area (Å²) in [4.78, 5) is 3.61. The molecule has 0 saturated carbocycles. The summed E-state index contributed by atoms with van der Waals surface area (Å²) >= 11 is 40.7. The number of hydrogen-bond donors (Lipinski definition) is 0. The molecule has 116 valence electrons. The third-order valence-electron chi connectivity index (χ3n) is 3.33. The van der Waals surface area contributed by atoms with Crippen molar-refractivity contribution in [3.8, 4) is 0 Å². The molecular formula is C14H6Cl6S2. The number of rotatable bonds is 0. The topological polar surface area (TPSA) is 0 Å².